The number of nitrogens with one attached hydrogen (secondary N) is 2. The van der Waals surface area contributed by atoms with E-state index in [1.165, 1.54) is 6.92 Å². The first kappa shape index (κ1) is 24.0. The lowest BCUT2D eigenvalue weighted by atomic mass is 9.96. The molecule has 34 heavy (non-hydrogen) atoms. The van der Waals surface area contributed by atoms with Crippen LogP contribution in [0.25, 0.3) is 15.7 Å². The lowest BCUT2D eigenvalue weighted by molar-refractivity contribution is -0.119. The van der Waals surface area contributed by atoms with Crippen molar-refractivity contribution in [2.75, 3.05) is 44.2 Å². The van der Waals surface area contributed by atoms with Crippen molar-refractivity contribution in [2.45, 2.75) is 52.1 Å². The van der Waals surface area contributed by atoms with E-state index in [1.54, 1.807) is 4.57 Å². The number of hydrogen-bond acceptors (Lipinski definition) is 5. The lowest BCUT2D eigenvalue weighted by Crippen LogP contribution is -2.49. The SMILES string of the molecule is [C-]#[N+]CCN(CC)C(CNC(C)=O)C1CCN(c2ccc3c(=O)[nH]c(=O)n(C4CC4)c3c2C)C1. The normalized spacial score (nSPS) is 18.9. The summed E-state index contributed by atoms with van der Waals surface area (Å²) in [5.41, 5.74) is 2.11. The van der Waals surface area contributed by atoms with Crippen molar-refractivity contribution < 1.29 is 4.79 Å². The summed E-state index contributed by atoms with van der Waals surface area (Å²) < 4.78 is 1.77. The Hall–Kier alpha value is -3.12. The van der Waals surface area contributed by atoms with Gasteiger partial charge in [0.25, 0.3) is 5.56 Å². The van der Waals surface area contributed by atoms with E-state index in [1.807, 2.05) is 19.1 Å². The van der Waals surface area contributed by atoms with E-state index in [9.17, 15) is 14.4 Å². The summed E-state index contributed by atoms with van der Waals surface area (Å²) >= 11 is 0. The molecule has 1 aliphatic carbocycles. The number of hydrogen-bond donors (Lipinski definition) is 2. The van der Waals surface area contributed by atoms with Crippen molar-refractivity contribution in [3.8, 4) is 0 Å². The number of likely N-dealkylation sites (N-methyl/N-ethyl adjacent to an activating group) is 1. The molecule has 1 aliphatic heterocycles. The minimum Gasteiger partial charge on any atom is -0.371 e. The predicted octanol–water partition coefficient (Wildman–Crippen LogP) is 1.91. The Morgan fingerprint density at radius 1 is 1.32 bits per heavy atom. The molecule has 2 aliphatic rings. The third kappa shape index (κ3) is 4.73. The van der Waals surface area contributed by atoms with Gasteiger partial charge in [-0.1, -0.05) is 6.92 Å². The number of aromatic nitrogens is 2. The third-order valence-corrected chi connectivity index (χ3v) is 7.28. The molecule has 0 bridgehead atoms. The molecule has 2 aromatic rings. The van der Waals surface area contributed by atoms with E-state index in [0.717, 1.165) is 55.7 Å². The van der Waals surface area contributed by atoms with Crippen LogP contribution in [0.4, 0.5) is 5.69 Å². The zero-order chi connectivity index (χ0) is 24.4. The fourth-order valence-corrected chi connectivity index (χ4v) is 5.43. The average molecular weight is 467 g/mol. The van der Waals surface area contributed by atoms with Gasteiger partial charge in [-0.05, 0) is 56.3 Å². The molecule has 2 fully saturated rings. The maximum Gasteiger partial charge on any atom is 0.329 e. The fraction of sp³-hybridized carbons (Fsp3) is 0.600. The summed E-state index contributed by atoms with van der Waals surface area (Å²) in [5, 5.41) is 3.55. The standard InChI is InChI=1S/C25H34N6O3/c1-5-29(13-11-26-4)22(14-27-17(3)32)18-10-12-30(15-18)21-9-8-20-23(16(21)2)31(19-6-7-19)25(34)28-24(20)33/h8-9,18-19,22H,5-7,10-15H2,1-3H3,(H,27,32)(H,28,33,34). The minimum absolute atomic E-state index is 0.0465. The number of aromatic amines is 1. The van der Waals surface area contributed by atoms with Crippen molar-refractivity contribution in [2.24, 2.45) is 5.92 Å². The van der Waals surface area contributed by atoms with Crippen LogP contribution in [0.5, 0.6) is 0 Å². The highest BCUT2D eigenvalue weighted by atomic mass is 16.2. The van der Waals surface area contributed by atoms with Gasteiger partial charge in [0, 0.05) is 44.3 Å². The van der Waals surface area contributed by atoms with Gasteiger partial charge in [-0.25, -0.2) is 11.4 Å². The minimum atomic E-state index is -0.334. The molecular formula is C25H34N6O3. The molecule has 1 aromatic carbocycles. The average Bonchev–Trinajstić information content (AvgIpc) is 3.52. The number of carbonyl (C=O) groups is 1. The van der Waals surface area contributed by atoms with Gasteiger partial charge in [0.1, 0.15) is 0 Å². The van der Waals surface area contributed by atoms with Crippen LogP contribution in [0.2, 0.25) is 0 Å². The molecular weight excluding hydrogens is 432 g/mol. The summed E-state index contributed by atoms with van der Waals surface area (Å²) in [6.07, 6.45) is 2.89. The first-order chi connectivity index (χ1) is 16.3. The van der Waals surface area contributed by atoms with Gasteiger partial charge in [-0.3, -0.25) is 24.0 Å². The highest BCUT2D eigenvalue weighted by Gasteiger charge is 2.34. The number of amides is 1. The maximum absolute atomic E-state index is 12.6. The van der Waals surface area contributed by atoms with Gasteiger partial charge >= 0.3 is 5.69 Å². The van der Waals surface area contributed by atoms with Gasteiger partial charge < -0.3 is 15.1 Å². The number of H-pyrrole nitrogens is 1. The molecule has 9 heteroatoms. The first-order valence-electron chi connectivity index (χ1n) is 12.2. The van der Waals surface area contributed by atoms with Crippen LogP contribution in [0, 0.1) is 19.4 Å². The Bertz CT molecular complexity index is 1220. The zero-order valence-electron chi connectivity index (χ0n) is 20.3. The van der Waals surface area contributed by atoms with Crippen molar-refractivity contribution in [1.29, 1.82) is 0 Å². The number of anilines is 1. The van der Waals surface area contributed by atoms with Crippen LogP contribution in [0.15, 0.2) is 21.7 Å². The highest BCUT2D eigenvalue weighted by molar-refractivity contribution is 5.87. The van der Waals surface area contributed by atoms with Crippen LogP contribution in [-0.4, -0.2) is 65.7 Å². The Labute approximate surface area is 199 Å². The molecule has 0 spiro atoms. The summed E-state index contributed by atoms with van der Waals surface area (Å²) in [4.78, 5) is 47.4. The molecule has 0 radical (unpaired) electrons. The summed E-state index contributed by atoms with van der Waals surface area (Å²) in [6.45, 7) is 17.0. The van der Waals surface area contributed by atoms with E-state index >= 15 is 0 Å². The molecule has 1 saturated heterocycles. The predicted molar refractivity (Wildman–Crippen MR) is 133 cm³/mol. The summed E-state index contributed by atoms with van der Waals surface area (Å²) in [6, 6.07) is 4.14. The monoisotopic (exact) mass is 466 g/mol. The second kappa shape index (κ2) is 10.0. The van der Waals surface area contributed by atoms with Crippen LogP contribution in [0.1, 0.15) is 44.7 Å². The molecule has 2 heterocycles. The number of nitrogens with zero attached hydrogens (tertiary/aromatic N) is 4. The molecule has 4 rings (SSSR count). The quantitative estimate of drug-likeness (QED) is 0.551. The molecule has 9 nitrogen and oxygen atoms in total. The Morgan fingerprint density at radius 3 is 2.74 bits per heavy atom. The summed E-state index contributed by atoms with van der Waals surface area (Å²) in [5.74, 6) is 0.284. The second-order valence-corrected chi connectivity index (χ2v) is 9.48. The lowest BCUT2D eigenvalue weighted by Gasteiger charge is -2.34. The molecule has 2 N–H and O–H groups in total. The van der Waals surface area contributed by atoms with E-state index in [0.29, 0.717) is 30.9 Å². The van der Waals surface area contributed by atoms with Crippen molar-refractivity contribution in [3.05, 3.63) is 50.0 Å². The van der Waals surface area contributed by atoms with Crippen LogP contribution in [-0.2, 0) is 4.79 Å². The second-order valence-electron chi connectivity index (χ2n) is 9.48. The first-order valence-corrected chi connectivity index (χ1v) is 12.2. The van der Waals surface area contributed by atoms with E-state index in [4.69, 9.17) is 6.57 Å². The molecule has 1 aromatic heterocycles. The summed E-state index contributed by atoms with van der Waals surface area (Å²) in [7, 11) is 0. The number of rotatable bonds is 9. The third-order valence-electron chi connectivity index (χ3n) is 7.28. The maximum atomic E-state index is 12.6. The topological polar surface area (TPSA) is 94.8 Å². The van der Waals surface area contributed by atoms with Gasteiger partial charge in [-0.2, -0.15) is 0 Å². The highest BCUT2D eigenvalue weighted by Crippen LogP contribution is 2.38. The Kier molecular flexibility index (Phi) is 7.08. The Morgan fingerprint density at radius 2 is 2.09 bits per heavy atom. The van der Waals surface area contributed by atoms with Crippen LogP contribution < -0.4 is 21.5 Å². The van der Waals surface area contributed by atoms with Crippen LogP contribution in [0.3, 0.4) is 0 Å². The number of aryl methyl sites for hydroxylation is 1. The van der Waals surface area contributed by atoms with Gasteiger partial charge in [0.15, 0.2) is 0 Å². The van der Waals surface area contributed by atoms with Crippen LogP contribution >= 0.6 is 0 Å². The number of fused-ring (bicyclic) bond motifs is 1. The largest absolute Gasteiger partial charge is 0.371 e. The fourth-order valence-electron chi connectivity index (χ4n) is 5.43. The zero-order valence-corrected chi connectivity index (χ0v) is 20.3. The molecule has 182 valence electrons. The van der Waals surface area contributed by atoms with Gasteiger partial charge in [-0.15, -0.1) is 0 Å². The molecule has 2 atom stereocenters. The molecule has 1 amide bonds. The molecule has 2 unspecified atom stereocenters. The number of benzene rings is 1. The van der Waals surface area contributed by atoms with Gasteiger partial charge in [0.2, 0.25) is 12.5 Å². The van der Waals surface area contributed by atoms with E-state index in [2.05, 4.69) is 31.9 Å². The van der Waals surface area contributed by atoms with Crippen molar-refractivity contribution in [3.63, 3.8) is 0 Å². The molecule has 1 saturated carbocycles. The van der Waals surface area contributed by atoms with E-state index < -0.39 is 0 Å². The number of carbonyl (C=O) groups excluding carboxylic acids is 1. The van der Waals surface area contributed by atoms with E-state index in [-0.39, 0.29) is 29.2 Å². The van der Waals surface area contributed by atoms with Gasteiger partial charge in [0.05, 0.1) is 17.4 Å². The Balaban J connectivity index is 1.64. The smallest absolute Gasteiger partial charge is 0.329 e. The van der Waals surface area contributed by atoms with Crippen molar-refractivity contribution in [1.82, 2.24) is 19.8 Å². The van der Waals surface area contributed by atoms with Crippen molar-refractivity contribution >= 4 is 22.5 Å².